The Morgan fingerprint density at radius 1 is 1.53 bits per heavy atom. The van der Waals surface area contributed by atoms with Crippen molar-refractivity contribution < 1.29 is 4.74 Å². The predicted molar refractivity (Wildman–Crippen MR) is 63.3 cm³/mol. The third-order valence-corrected chi connectivity index (χ3v) is 2.39. The molecular formula is C11H13Cl2NO. The van der Waals surface area contributed by atoms with Gasteiger partial charge in [-0.1, -0.05) is 28.8 Å². The van der Waals surface area contributed by atoms with Crippen molar-refractivity contribution in [2.24, 2.45) is 0 Å². The average molecular weight is 246 g/mol. The highest BCUT2D eigenvalue weighted by molar-refractivity contribution is 6.34. The van der Waals surface area contributed by atoms with Gasteiger partial charge in [-0.3, -0.25) is 0 Å². The first kappa shape index (κ1) is 12.5. The van der Waals surface area contributed by atoms with Crippen molar-refractivity contribution >= 4 is 23.2 Å². The van der Waals surface area contributed by atoms with E-state index in [4.69, 9.17) is 27.9 Å². The minimum Gasteiger partial charge on any atom is -0.376 e. The Labute approximate surface area is 99.9 Å². The summed E-state index contributed by atoms with van der Waals surface area (Å²) in [7, 11) is 0. The maximum absolute atomic E-state index is 5.95. The van der Waals surface area contributed by atoms with E-state index in [1.54, 1.807) is 12.3 Å². The highest BCUT2D eigenvalue weighted by Gasteiger charge is 2.02. The summed E-state index contributed by atoms with van der Waals surface area (Å²) in [6.45, 7) is 6.87. The van der Waals surface area contributed by atoms with E-state index in [1.165, 1.54) is 0 Å². The molecule has 82 valence electrons. The fourth-order valence-corrected chi connectivity index (χ4v) is 1.39. The van der Waals surface area contributed by atoms with Crippen LogP contribution in [0.1, 0.15) is 18.9 Å². The molecule has 0 aliphatic rings. The van der Waals surface area contributed by atoms with Crippen LogP contribution in [-0.4, -0.2) is 11.6 Å². The third kappa shape index (κ3) is 4.65. The zero-order valence-electron chi connectivity index (χ0n) is 8.59. The van der Waals surface area contributed by atoms with Gasteiger partial charge in [-0.2, -0.15) is 0 Å². The molecule has 2 nitrogen and oxygen atoms in total. The largest absolute Gasteiger partial charge is 0.376 e. The van der Waals surface area contributed by atoms with Crippen LogP contribution in [0.25, 0.3) is 0 Å². The van der Waals surface area contributed by atoms with Gasteiger partial charge in [0.05, 0.1) is 18.2 Å². The minimum absolute atomic E-state index is 0.394. The highest BCUT2D eigenvalue weighted by atomic mass is 35.5. The van der Waals surface area contributed by atoms with E-state index < -0.39 is 0 Å². The normalized spacial score (nSPS) is 10.3. The summed E-state index contributed by atoms with van der Waals surface area (Å²) < 4.78 is 5.42. The summed E-state index contributed by atoms with van der Waals surface area (Å²) in [6, 6.07) is 1.61. The summed E-state index contributed by atoms with van der Waals surface area (Å²) in [4.78, 5) is 3.94. The number of hydrogen-bond acceptors (Lipinski definition) is 2. The van der Waals surface area contributed by atoms with Crippen molar-refractivity contribution in [3.8, 4) is 0 Å². The van der Waals surface area contributed by atoms with Crippen LogP contribution in [0, 0.1) is 0 Å². The van der Waals surface area contributed by atoms with Crippen molar-refractivity contribution in [3.05, 3.63) is 40.2 Å². The molecule has 0 atom stereocenters. The fourth-order valence-electron chi connectivity index (χ4n) is 0.971. The van der Waals surface area contributed by atoms with Crippen LogP contribution >= 0.6 is 23.2 Å². The van der Waals surface area contributed by atoms with Gasteiger partial charge in [-0.15, -0.1) is 6.58 Å². The van der Waals surface area contributed by atoms with Crippen molar-refractivity contribution in [2.45, 2.75) is 20.0 Å². The lowest BCUT2D eigenvalue weighted by Gasteiger charge is -2.05. The van der Waals surface area contributed by atoms with Crippen LogP contribution in [0.3, 0.4) is 0 Å². The van der Waals surface area contributed by atoms with E-state index in [-0.39, 0.29) is 0 Å². The van der Waals surface area contributed by atoms with Crippen LogP contribution in [0.2, 0.25) is 10.2 Å². The summed E-state index contributed by atoms with van der Waals surface area (Å²) in [5, 5.41) is 0.982. The Morgan fingerprint density at radius 3 is 2.87 bits per heavy atom. The SMILES string of the molecule is C=C(C)CCOCc1cnc(Cl)cc1Cl. The molecule has 0 amide bonds. The van der Waals surface area contributed by atoms with Gasteiger partial charge in [0.25, 0.3) is 0 Å². The molecule has 0 aliphatic carbocycles. The molecule has 4 heteroatoms. The van der Waals surface area contributed by atoms with Gasteiger partial charge >= 0.3 is 0 Å². The highest BCUT2D eigenvalue weighted by Crippen LogP contribution is 2.19. The smallest absolute Gasteiger partial charge is 0.130 e. The molecule has 0 saturated carbocycles. The number of hydrogen-bond donors (Lipinski definition) is 0. The molecular weight excluding hydrogens is 233 g/mol. The molecule has 0 aliphatic heterocycles. The molecule has 0 fully saturated rings. The monoisotopic (exact) mass is 245 g/mol. The lowest BCUT2D eigenvalue weighted by atomic mass is 10.2. The number of aromatic nitrogens is 1. The molecule has 0 aromatic carbocycles. The van der Waals surface area contributed by atoms with Gasteiger partial charge in [0, 0.05) is 11.8 Å². The Morgan fingerprint density at radius 2 is 2.27 bits per heavy atom. The lowest BCUT2D eigenvalue weighted by molar-refractivity contribution is 0.123. The van der Waals surface area contributed by atoms with Crippen molar-refractivity contribution in [2.75, 3.05) is 6.61 Å². The second kappa shape index (κ2) is 6.11. The van der Waals surface area contributed by atoms with E-state index in [9.17, 15) is 0 Å². The van der Waals surface area contributed by atoms with Gasteiger partial charge in [-0.05, 0) is 19.4 Å². The zero-order valence-corrected chi connectivity index (χ0v) is 10.1. The molecule has 1 aromatic rings. The molecule has 0 spiro atoms. The molecule has 1 heterocycles. The number of halogens is 2. The molecule has 1 aromatic heterocycles. The first-order valence-electron chi connectivity index (χ1n) is 4.61. The zero-order chi connectivity index (χ0) is 11.3. The van der Waals surface area contributed by atoms with Crippen LogP contribution in [0.4, 0.5) is 0 Å². The van der Waals surface area contributed by atoms with Crippen LogP contribution in [-0.2, 0) is 11.3 Å². The summed E-state index contributed by atoms with van der Waals surface area (Å²) in [5.74, 6) is 0. The van der Waals surface area contributed by atoms with Gasteiger partial charge < -0.3 is 4.74 Å². The Hall–Kier alpha value is -0.570. The molecule has 1 rings (SSSR count). The fraction of sp³-hybridized carbons (Fsp3) is 0.364. The maximum Gasteiger partial charge on any atom is 0.130 e. The molecule has 0 saturated heterocycles. The van der Waals surface area contributed by atoms with E-state index in [0.717, 1.165) is 17.6 Å². The van der Waals surface area contributed by atoms with Crippen molar-refractivity contribution in [1.82, 2.24) is 4.98 Å². The number of ether oxygens (including phenoxy) is 1. The van der Waals surface area contributed by atoms with Gasteiger partial charge in [-0.25, -0.2) is 4.98 Å². The van der Waals surface area contributed by atoms with E-state index >= 15 is 0 Å². The average Bonchev–Trinajstić information content (AvgIpc) is 2.14. The first-order chi connectivity index (χ1) is 7.09. The van der Waals surface area contributed by atoms with E-state index in [2.05, 4.69) is 11.6 Å². The van der Waals surface area contributed by atoms with E-state index in [0.29, 0.717) is 23.4 Å². The van der Waals surface area contributed by atoms with Gasteiger partial charge in [0.2, 0.25) is 0 Å². The second-order valence-corrected chi connectivity index (χ2v) is 4.15. The lowest BCUT2D eigenvalue weighted by Crippen LogP contribution is -1.97. The first-order valence-corrected chi connectivity index (χ1v) is 5.37. The predicted octanol–water partition coefficient (Wildman–Crippen LogP) is 3.87. The second-order valence-electron chi connectivity index (χ2n) is 3.36. The van der Waals surface area contributed by atoms with Gasteiger partial charge in [0.1, 0.15) is 5.15 Å². The van der Waals surface area contributed by atoms with Crippen LogP contribution < -0.4 is 0 Å². The topological polar surface area (TPSA) is 22.1 Å². The Kier molecular flexibility index (Phi) is 5.09. The summed E-state index contributed by atoms with van der Waals surface area (Å²) in [5.41, 5.74) is 1.96. The van der Waals surface area contributed by atoms with Gasteiger partial charge in [0.15, 0.2) is 0 Å². The Bertz CT molecular complexity index is 352. The number of rotatable bonds is 5. The molecule has 0 unspecified atom stereocenters. The number of pyridine rings is 1. The summed E-state index contributed by atoms with van der Waals surface area (Å²) in [6.07, 6.45) is 2.49. The quantitative estimate of drug-likeness (QED) is 0.447. The molecule has 15 heavy (non-hydrogen) atoms. The number of nitrogens with zero attached hydrogens (tertiary/aromatic N) is 1. The summed E-state index contributed by atoms with van der Waals surface area (Å²) >= 11 is 11.6. The maximum atomic E-state index is 5.95. The standard InChI is InChI=1S/C11H13Cl2NO/c1-8(2)3-4-15-7-9-6-14-11(13)5-10(9)12/h5-6H,1,3-4,7H2,2H3. The Balaban J connectivity index is 2.40. The minimum atomic E-state index is 0.394. The van der Waals surface area contributed by atoms with Crippen LogP contribution in [0.15, 0.2) is 24.4 Å². The van der Waals surface area contributed by atoms with Crippen molar-refractivity contribution in [3.63, 3.8) is 0 Å². The van der Waals surface area contributed by atoms with E-state index in [1.807, 2.05) is 6.92 Å². The third-order valence-electron chi connectivity index (χ3n) is 1.83. The molecule has 0 radical (unpaired) electrons. The van der Waals surface area contributed by atoms with Crippen LogP contribution in [0.5, 0.6) is 0 Å². The van der Waals surface area contributed by atoms with Crippen molar-refractivity contribution in [1.29, 1.82) is 0 Å². The molecule has 0 bridgehead atoms. The molecule has 0 N–H and O–H groups in total.